The molecule has 1 amide bonds. The SMILES string of the molecule is COc1cc(C(=O)NC(C)c2ccccc2)cc(OC)c1B(O)O. The summed E-state index contributed by atoms with van der Waals surface area (Å²) in [6, 6.07) is 12.3. The van der Waals surface area contributed by atoms with Gasteiger partial charge in [-0.1, -0.05) is 30.3 Å². The Balaban J connectivity index is 2.29. The van der Waals surface area contributed by atoms with Gasteiger partial charge in [0.2, 0.25) is 0 Å². The average Bonchev–Trinajstić information content (AvgIpc) is 2.60. The van der Waals surface area contributed by atoms with Crippen molar-refractivity contribution in [3.63, 3.8) is 0 Å². The summed E-state index contributed by atoms with van der Waals surface area (Å²) < 4.78 is 10.3. The summed E-state index contributed by atoms with van der Waals surface area (Å²) in [6.45, 7) is 1.88. The first kappa shape index (κ1) is 17.8. The summed E-state index contributed by atoms with van der Waals surface area (Å²) >= 11 is 0. The molecule has 7 heteroatoms. The van der Waals surface area contributed by atoms with Crippen LogP contribution in [-0.4, -0.2) is 37.3 Å². The number of hydrogen-bond acceptors (Lipinski definition) is 5. The van der Waals surface area contributed by atoms with E-state index in [1.54, 1.807) is 0 Å². The van der Waals surface area contributed by atoms with Gasteiger partial charge in [0, 0.05) is 5.56 Å². The molecule has 6 nitrogen and oxygen atoms in total. The Kier molecular flexibility index (Phi) is 5.84. The van der Waals surface area contributed by atoms with E-state index in [1.165, 1.54) is 26.4 Å². The highest BCUT2D eigenvalue weighted by molar-refractivity contribution is 6.61. The molecule has 0 spiro atoms. The second-order valence-electron chi connectivity index (χ2n) is 5.27. The predicted molar refractivity (Wildman–Crippen MR) is 91.7 cm³/mol. The first-order chi connectivity index (χ1) is 11.5. The molecule has 0 aliphatic rings. The fourth-order valence-corrected chi connectivity index (χ4v) is 2.43. The van der Waals surface area contributed by atoms with E-state index in [-0.39, 0.29) is 28.9 Å². The van der Waals surface area contributed by atoms with Gasteiger partial charge in [-0.3, -0.25) is 4.79 Å². The van der Waals surface area contributed by atoms with Gasteiger partial charge >= 0.3 is 7.12 Å². The zero-order chi connectivity index (χ0) is 17.7. The van der Waals surface area contributed by atoms with Gasteiger partial charge in [0.25, 0.3) is 5.91 Å². The number of hydrogen-bond donors (Lipinski definition) is 3. The quantitative estimate of drug-likeness (QED) is 0.685. The largest absolute Gasteiger partial charge is 0.497 e. The molecule has 0 fully saturated rings. The van der Waals surface area contributed by atoms with Crippen LogP contribution in [0.15, 0.2) is 42.5 Å². The zero-order valence-electron chi connectivity index (χ0n) is 13.8. The standard InChI is InChI=1S/C17H20BNO5/c1-11(12-7-5-4-6-8-12)19-17(20)13-9-14(23-2)16(18(21)22)15(10-13)24-3/h4-11,21-22H,1-3H3,(H,19,20). The van der Waals surface area contributed by atoms with Crippen molar-refractivity contribution in [3.05, 3.63) is 53.6 Å². The lowest BCUT2D eigenvalue weighted by atomic mass is 9.78. The number of amides is 1. The number of nitrogens with one attached hydrogen (secondary N) is 1. The number of benzene rings is 2. The second-order valence-corrected chi connectivity index (χ2v) is 5.27. The lowest BCUT2D eigenvalue weighted by Crippen LogP contribution is -2.34. The molecule has 2 aromatic carbocycles. The van der Waals surface area contributed by atoms with Gasteiger partial charge in [0.05, 0.1) is 25.7 Å². The van der Waals surface area contributed by atoms with Crippen LogP contribution < -0.4 is 20.3 Å². The second kappa shape index (κ2) is 7.85. The maximum atomic E-state index is 12.5. The van der Waals surface area contributed by atoms with Gasteiger partial charge in [0.1, 0.15) is 11.5 Å². The van der Waals surface area contributed by atoms with Crippen LogP contribution in [0.4, 0.5) is 0 Å². The fraction of sp³-hybridized carbons (Fsp3) is 0.235. The van der Waals surface area contributed by atoms with Crippen molar-refractivity contribution in [2.75, 3.05) is 14.2 Å². The van der Waals surface area contributed by atoms with E-state index in [4.69, 9.17) is 9.47 Å². The molecular weight excluding hydrogens is 309 g/mol. The number of rotatable bonds is 6. The van der Waals surface area contributed by atoms with Crippen molar-refractivity contribution in [1.82, 2.24) is 5.32 Å². The Hall–Kier alpha value is -2.51. The van der Waals surface area contributed by atoms with Crippen LogP contribution in [0.5, 0.6) is 11.5 Å². The summed E-state index contributed by atoms with van der Waals surface area (Å²) in [4.78, 5) is 12.5. The Labute approximate surface area is 141 Å². The van der Waals surface area contributed by atoms with Gasteiger partial charge in [-0.2, -0.15) is 0 Å². The Morgan fingerprint density at radius 1 is 1.08 bits per heavy atom. The van der Waals surface area contributed by atoms with E-state index in [1.807, 2.05) is 37.3 Å². The lowest BCUT2D eigenvalue weighted by Gasteiger charge is -2.17. The molecule has 1 unspecified atom stereocenters. The molecule has 2 aromatic rings. The lowest BCUT2D eigenvalue weighted by molar-refractivity contribution is 0.0939. The topological polar surface area (TPSA) is 88.0 Å². The minimum Gasteiger partial charge on any atom is -0.497 e. The highest BCUT2D eigenvalue weighted by atomic mass is 16.5. The van der Waals surface area contributed by atoms with Crippen LogP contribution in [-0.2, 0) is 0 Å². The molecule has 0 radical (unpaired) electrons. The van der Waals surface area contributed by atoms with Gasteiger partial charge in [-0.05, 0) is 24.6 Å². The maximum absolute atomic E-state index is 12.5. The smallest absolute Gasteiger partial charge is 0.496 e. The summed E-state index contributed by atoms with van der Waals surface area (Å²) in [5.74, 6) is 0.0191. The molecule has 0 aromatic heterocycles. The van der Waals surface area contributed by atoms with Crippen LogP contribution in [0.2, 0.25) is 0 Å². The van der Waals surface area contributed by atoms with E-state index in [0.717, 1.165) is 5.56 Å². The van der Waals surface area contributed by atoms with Crippen LogP contribution in [0, 0.1) is 0 Å². The summed E-state index contributed by atoms with van der Waals surface area (Å²) in [7, 11) is 0.999. The highest BCUT2D eigenvalue weighted by Gasteiger charge is 2.25. The van der Waals surface area contributed by atoms with Crippen LogP contribution in [0.1, 0.15) is 28.9 Å². The highest BCUT2D eigenvalue weighted by Crippen LogP contribution is 2.21. The molecule has 0 aliphatic heterocycles. The number of carbonyl (C=O) groups excluding carboxylic acids is 1. The molecule has 0 saturated carbocycles. The first-order valence-electron chi connectivity index (χ1n) is 7.45. The molecule has 126 valence electrons. The Bertz CT molecular complexity index is 680. The van der Waals surface area contributed by atoms with Crippen molar-refractivity contribution in [3.8, 4) is 11.5 Å². The third-order valence-electron chi connectivity index (χ3n) is 3.71. The molecule has 0 aliphatic carbocycles. The van der Waals surface area contributed by atoms with E-state index in [2.05, 4.69) is 5.32 Å². The molecule has 0 bridgehead atoms. The van der Waals surface area contributed by atoms with Crippen molar-refractivity contribution >= 4 is 18.5 Å². The van der Waals surface area contributed by atoms with Crippen molar-refractivity contribution in [2.45, 2.75) is 13.0 Å². The van der Waals surface area contributed by atoms with Gasteiger partial charge in [-0.15, -0.1) is 0 Å². The minimum absolute atomic E-state index is 0.0765. The molecular formula is C17H20BNO5. The molecule has 0 saturated heterocycles. The Morgan fingerprint density at radius 2 is 1.62 bits per heavy atom. The van der Waals surface area contributed by atoms with Gasteiger partial charge < -0.3 is 24.8 Å². The first-order valence-corrected chi connectivity index (χ1v) is 7.45. The normalized spacial score (nSPS) is 11.5. The van der Waals surface area contributed by atoms with Crippen LogP contribution in [0.3, 0.4) is 0 Å². The van der Waals surface area contributed by atoms with Crippen molar-refractivity contribution < 1.29 is 24.3 Å². The third-order valence-corrected chi connectivity index (χ3v) is 3.71. The fourth-order valence-electron chi connectivity index (χ4n) is 2.43. The Morgan fingerprint density at radius 3 is 2.08 bits per heavy atom. The number of carbonyl (C=O) groups is 1. The number of ether oxygens (including phenoxy) is 2. The number of methoxy groups -OCH3 is 2. The molecule has 3 N–H and O–H groups in total. The predicted octanol–water partition coefficient (Wildman–Crippen LogP) is 0.875. The average molecular weight is 329 g/mol. The maximum Gasteiger partial charge on any atom is 0.496 e. The summed E-state index contributed by atoms with van der Waals surface area (Å²) in [5.41, 5.74) is 1.36. The van der Waals surface area contributed by atoms with Crippen molar-refractivity contribution in [2.24, 2.45) is 0 Å². The minimum atomic E-state index is -1.77. The summed E-state index contributed by atoms with van der Waals surface area (Å²) in [6.07, 6.45) is 0. The van der Waals surface area contributed by atoms with Gasteiger partial charge in [0.15, 0.2) is 0 Å². The molecule has 1 atom stereocenters. The van der Waals surface area contributed by atoms with E-state index < -0.39 is 7.12 Å². The summed E-state index contributed by atoms with van der Waals surface area (Å²) in [5, 5.41) is 21.8. The van der Waals surface area contributed by atoms with Crippen LogP contribution >= 0.6 is 0 Å². The third kappa shape index (κ3) is 3.87. The van der Waals surface area contributed by atoms with E-state index in [0.29, 0.717) is 5.56 Å². The van der Waals surface area contributed by atoms with E-state index in [9.17, 15) is 14.8 Å². The molecule has 2 rings (SSSR count). The van der Waals surface area contributed by atoms with E-state index >= 15 is 0 Å². The monoisotopic (exact) mass is 329 g/mol. The van der Waals surface area contributed by atoms with Crippen molar-refractivity contribution in [1.29, 1.82) is 0 Å². The zero-order valence-corrected chi connectivity index (χ0v) is 13.8. The van der Waals surface area contributed by atoms with Gasteiger partial charge in [-0.25, -0.2) is 0 Å². The molecule has 0 heterocycles. The van der Waals surface area contributed by atoms with Crippen LogP contribution in [0.25, 0.3) is 0 Å². The molecule has 24 heavy (non-hydrogen) atoms.